The minimum absolute atomic E-state index is 0.0285. The van der Waals surface area contributed by atoms with Gasteiger partial charge in [-0.05, 0) is 27.6 Å². The van der Waals surface area contributed by atoms with E-state index in [4.69, 9.17) is 16.9 Å². The lowest BCUT2D eigenvalue weighted by Gasteiger charge is -2.10. The van der Waals surface area contributed by atoms with Crippen molar-refractivity contribution < 1.29 is 8.78 Å². The molecule has 0 radical (unpaired) electrons. The molecule has 0 atom stereocenters. The molecule has 0 aromatic carbocycles. The van der Waals surface area contributed by atoms with E-state index in [9.17, 15) is 8.78 Å². The second kappa shape index (κ2) is 5.38. The first-order chi connectivity index (χ1) is 7.10. The Bertz CT molecular complexity index is 404. The van der Waals surface area contributed by atoms with Gasteiger partial charge in [-0.15, -0.1) is 11.6 Å². The highest BCUT2D eigenvalue weighted by molar-refractivity contribution is 9.10. The number of hydrogen-bond acceptors (Lipinski definition) is 2. The van der Waals surface area contributed by atoms with E-state index in [2.05, 4.69) is 20.9 Å². The van der Waals surface area contributed by atoms with Gasteiger partial charge in [-0.25, -0.2) is 13.8 Å². The monoisotopic (exact) mass is 294 g/mol. The number of alkyl halides is 3. The van der Waals surface area contributed by atoms with Crippen LogP contribution in [0.25, 0.3) is 0 Å². The lowest BCUT2D eigenvalue weighted by Crippen LogP contribution is -2.03. The van der Waals surface area contributed by atoms with Crippen LogP contribution in [0.5, 0.6) is 0 Å². The molecule has 0 bridgehead atoms. The SMILES string of the molecule is N#CCc1nc(Br)cc(CCl)c1C(F)F. The molecule has 80 valence electrons. The maximum atomic E-state index is 12.7. The van der Waals surface area contributed by atoms with Crippen LogP contribution in [-0.4, -0.2) is 4.98 Å². The van der Waals surface area contributed by atoms with Gasteiger partial charge in [0.1, 0.15) is 4.60 Å². The van der Waals surface area contributed by atoms with E-state index in [1.807, 2.05) is 0 Å². The van der Waals surface area contributed by atoms with Crippen molar-refractivity contribution in [1.29, 1.82) is 5.26 Å². The molecule has 0 aliphatic carbocycles. The highest BCUT2D eigenvalue weighted by Crippen LogP contribution is 2.29. The maximum absolute atomic E-state index is 12.7. The first-order valence-electron chi connectivity index (χ1n) is 3.99. The molecule has 1 aromatic heterocycles. The normalized spacial score (nSPS) is 10.4. The van der Waals surface area contributed by atoms with Crippen molar-refractivity contribution in [3.8, 4) is 6.07 Å². The highest BCUT2D eigenvalue weighted by atomic mass is 79.9. The molecule has 0 aliphatic heterocycles. The number of rotatable bonds is 3. The molecular weight excluding hydrogens is 289 g/mol. The summed E-state index contributed by atoms with van der Waals surface area (Å²) in [6, 6.07) is 3.24. The summed E-state index contributed by atoms with van der Waals surface area (Å²) in [6.07, 6.45) is -2.81. The summed E-state index contributed by atoms with van der Waals surface area (Å²) in [6.45, 7) is 0. The number of nitrogens with zero attached hydrogens (tertiary/aromatic N) is 2. The van der Waals surface area contributed by atoms with Gasteiger partial charge in [-0.2, -0.15) is 5.26 Å². The molecular formula is C9H6BrClF2N2. The molecule has 2 nitrogen and oxygen atoms in total. The average molecular weight is 296 g/mol. The van der Waals surface area contributed by atoms with Crippen LogP contribution in [0.3, 0.4) is 0 Å². The van der Waals surface area contributed by atoms with Gasteiger partial charge >= 0.3 is 0 Å². The van der Waals surface area contributed by atoms with Gasteiger partial charge < -0.3 is 0 Å². The number of hydrogen-bond donors (Lipinski definition) is 0. The summed E-state index contributed by atoms with van der Waals surface area (Å²) in [4.78, 5) is 3.85. The second-order valence-corrected chi connectivity index (χ2v) is 3.81. The number of aromatic nitrogens is 1. The topological polar surface area (TPSA) is 36.7 Å². The van der Waals surface area contributed by atoms with Gasteiger partial charge in [0.25, 0.3) is 6.43 Å². The molecule has 1 rings (SSSR count). The minimum atomic E-state index is -2.66. The third-order valence-electron chi connectivity index (χ3n) is 1.80. The summed E-state index contributed by atoms with van der Waals surface area (Å²) in [5, 5.41) is 8.50. The van der Waals surface area contributed by atoms with Crippen molar-refractivity contribution in [2.75, 3.05) is 0 Å². The van der Waals surface area contributed by atoms with Gasteiger partial charge in [0.05, 0.1) is 18.2 Å². The zero-order valence-corrected chi connectivity index (χ0v) is 9.82. The Labute approximate surface area is 99.0 Å². The average Bonchev–Trinajstić information content (AvgIpc) is 2.16. The zero-order valence-electron chi connectivity index (χ0n) is 7.48. The Hall–Kier alpha value is -0.730. The predicted octanol–water partition coefficient (Wildman–Crippen LogP) is 3.59. The van der Waals surface area contributed by atoms with E-state index < -0.39 is 6.43 Å². The van der Waals surface area contributed by atoms with Crippen LogP contribution in [0.1, 0.15) is 23.2 Å². The molecule has 0 saturated carbocycles. The lowest BCUT2D eigenvalue weighted by molar-refractivity contribution is 0.149. The molecule has 1 aromatic rings. The fourth-order valence-electron chi connectivity index (χ4n) is 1.21. The molecule has 6 heteroatoms. The maximum Gasteiger partial charge on any atom is 0.265 e. The Morgan fingerprint density at radius 3 is 2.73 bits per heavy atom. The van der Waals surface area contributed by atoms with E-state index in [0.29, 0.717) is 10.2 Å². The van der Waals surface area contributed by atoms with Gasteiger partial charge in [-0.1, -0.05) is 0 Å². The van der Waals surface area contributed by atoms with E-state index >= 15 is 0 Å². The van der Waals surface area contributed by atoms with Crippen LogP contribution >= 0.6 is 27.5 Å². The third kappa shape index (κ3) is 2.86. The minimum Gasteiger partial charge on any atom is -0.244 e. The lowest BCUT2D eigenvalue weighted by atomic mass is 10.1. The Kier molecular flexibility index (Phi) is 4.43. The first-order valence-corrected chi connectivity index (χ1v) is 5.32. The molecule has 0 unspecified atom stereocenters. The van der Waals surface area contributed by atoms with Crippen molar-refractivity contribution in [3.63, 3.8) is 0 Å². The molecule has 1 heterocycles. The molecule has 0 aliphatic rings. The Morgan fingerprint density at radius 2 is 2.27 bits per heavy atom. The van der Waals surface area contributed by atoms with Crippen LogP contribution < -0.4 is 0 Å². The van der Waals surface area contributed by atoms with Crippen molar-refractivity contribution in [3.05, 3.63) is 27.5 Å². The van der Waals surface area contributed by atoms with Crippen LogP contribution in [0.4, 0.5) is 8.78 Å². The quantitative estimate of drug-likeness (QED) is 0.631. The summed E-state index contributed by atoms with van der Waals surface area (Å²) in [5.74, 6) is -0.0285. The number of pyridine rings is 1. The first kappa shape index (κ1) is 12.3. The van der Waals surface area contributed by atoms with Gasteiger partial charge in [-0.3, -0.25) is 0 Å². The van der Waals surface area contributed by atoms with E-state index in [0.717, 1.165) is 0 Å². The zero-order chi connectivity index (χ0) is 11.4. The Morgan fingerprint density at radius 1 is 1.60 bits per heavy atom. The van der Waals surface area contributed by atoms with Crippen LogP contribution in [0, 0.1) is 11.3 Å². The number of nitriles is 1. The molecule has 0 saturated heterocycles. The highest BCUT2D eigenvalue weighted by Gasteiger charge is 2.19. The van der Waals surface area contributed by atoms with Crippen LogP contribution in [-0.2, 0) is 12.3 Å². The van der Waals surface area contributed by atoms with Gasteiger partial charge in [0.2, 0.25) is 0 Å². The molecule has 0 N–H and O–H groups in total. The fourth-order valence-corrected chi connectivity index (χ4v) is 1.93. The molecule has 0 amide bonds. The third-order valence-corrected chi connectivity index (χ3v) is 2.49. The summed E-state index contributed by atoms with van der Waals surface area (Å²) >= 11 is 8.64. The van der Waals surface area contributed by atoms with E-state index in [-0.39, 0.29) is 23.6 Å². The molecule has 15 heavy (non-hydrogen) atoms. The second-order valence-electron chi connectivity index (χ2n) is 2.73. The predicted molar refractivity (Wildman–Crippen MR) is 55.8 cm³/mol. The number of halogens is 4. The van der Waals surface area contributed by atoms with Crippen molar-refractivity contribution in [2.45, 2.75) is 18.7 Å². The largest absolute Gasteiger partial charge is 0.265 e. The van der Waals surface area contributed by atoms with Crippen molar-refractivity contribution >= 4 is 27.5 Å². The van der Waals surface area contributed by atoms with Crippen LogP contribution in [0.2, 0.25) is 0 Å². The molecule has 0 fully saturated rings. The molecule has 0 spiro atoms. The standard InChI is InChI=1S/C9H6BrClF2N2/c10-7-3-5(4-11)8(9(12)13)6(15-7)1-2-14/h3,9H,1,4H2. The summed E-state index contributed by atoms with van der Waals surface area (Å²) in [7, 11) is 0. The van der Waals surface area contributed by atoms with Crippen molar-refractivity contribution in [1.82, 2.24) is 4.98 Å². The van der Waals surface area contributed by atoms with Gasteiger partial charge in [0.15, 0.2) is 0 Å². The Balaban J connectivity index is 3.34. The van der Waals surface area contributed by atoms with Crippen LogP contribution in [0.15, 0.2) is 10.7 Å². The summed E-state index contributed by atoms with van der Waals surface area (Å²) in [5.41, 5.74) is 0.158. The van der Waals surface area contributed by atoms with E-state index in [1.165, 1.54) is 6.07 Å². The van der Waals surface area contributed by atoms with E-state index in [1.54, 1.807) is 6.07 Å². The van der Waals surface area contributed by atoms with Crippen molar-refractivity contribution in [2.24, 2.45) is 0 Å². The fraction of sp³-hybridized carbons (Fsp3) is 0.333. The summed E-state index contributed by atoms with van der Waals surface area (Å²) < 4.78 is 25.8. The van der Waals surface area contributed by atoms with Gasteiger partial charge in [0, 0.05) is 11.4 Å². The smallest absolute Gasteiger partial charge is 0.244 e.